The van der Waals surface area contributed by atoms with Crippen molar-refractivity contribution in [2.75, 3.05) is 29.7 Å². The van der Waals surface area contributed by atoms with Gasteiger partial charge in [-0.05, 0) is 80.5 Å². The molecule has 2 saturated heterocycles. The topological polar surface area (TPSA) is 87.7 Å². The van der Waals surface area contributed by atoms with E-state index in [2.05, 4.69) is 10.0 Å². The fourth-order valence-electron chi connectivity index (χ4n) is 5.72. The Balaban J connectivity index is 1.38. The minimum atomic E-state index is -3.72. The van der Waals surface area contributed by atoms with Crippen LogP contribution in [0.1, 0.15) is 49.0 Å². The number of sulfonamides is 1. The third-order valence-corrected chi connectivity index (χ3v) is 9.19. The molecule has 5 rings (SSSR count). The van der Waals surface area contributed by atoms with Crippen molar-refractivity contribution in [1.29, 1.82) is 0 Å². The first-order valence-electron chi connectivity index (χ1n) is 12.1. The third kappa shape index (κ3) is 4.29. The summed E-state index contributed by atoms with van der Waals surface area (Å²) in [6.07, 6.45) is 2.79. The molecule has 3 heterocycles. The van der Waals surface area contributed by atoms with Crippen molar-refractivity contribution in [2.45, 2.75) is 57.1 Å². The number of piperidine rings is 1. The van der Waals surface area contributed by atoms with Crippen molar-refractivity contribution < 1.29 is 17.9 Å². The molecular formula is C26H33N3O4S. The molecule has 0 bridgehead atoms. The summed E-state index contributed by atoms with van der Waals surface area (Å²) in [6, 6.07) is 11.1. The SMILES string of the molecule is CC(=O)N1CCC(C2Nc3ccc(S(=O)(=O)Nc4ccc(C)c(C)c4)cc3C3OCCC32)CC1. The summed E-state index contributed by atoms with van der Waals surface area (Å²) >= 11 is 0. The Bertz CT molecular complexity index is 1200. The van der Waals surface area contributed by atoms with Crippen molar-refractivity contribution in [1.82, 2.24) is 4.90 Å². The number of aryl methyl sites for hydroxylation is 2. The molecule has 0 aromatic heterocycles. The molecule has 34 heavy (non-hydrogen) atoms. The van der Waals surface area contributed by atoms with Gasteiger partial charge in [0.05, 0.1) is 11.0 Å². The summed E-state index contributed by atoms with van der Waals surface area (Å²) in [4.78, 5) is 13.9. The molecule has 182 valence electrons. The van der Waals surface area contributed by atoms with Gasteiger partial charge in [0.1, 0.15) is 0 Å². The van der Waals surface area contributed by atoms with Gasteiger partial charge < -0.3 is 15.0 Å². The van der Waals surface area contributed by atoms with Crippen LogP contribution in [0, 0.1) is 25.7 Å². The number of likely N-dealkylation sites (tertiary alicyclic amines) is 1. The number of hydrogen-bond donors (Lipinski definition) is 2. The molecule has 3 atom stereocenters. The molecule has 3 unspecified atom stereocenters. The number of rotatable bonds is 4. The van der Waals surface area contributed by atoms with Crippen LogP contribution in [0.25, 0.3) is 0 Å². The van der Waals surface area contributed by atoms with E-state index in [9.17, 15) is 13.2 Å². The molecule has 0 spiro atoms. The van der Waals surface area contributed by atoms with E-state index in [1.807, 2.05) is 36.9 Å². The Hall–Kier alpha value is -2.58. The van der Waals surface area contributed by atoms with Crippen LogP contribution in [0.3, 0.4) is 0 Å². The quantitative estimate of drug-likeness (QED) is 0.679. The summed E-state index contributed by atoms with van der Waals surface area (Å²) < 4.78 is 35.2. The van der Waals surface area contributed by atoms with Gasteiger partial charge in [-0.1, -0.05) is 6.07 Å². The van der Waals surface area contributed by atoms with Gasteiger partial charge in [-0.2, -0.15) is 0 Å². The zero-order valence-corrected chi connectivity index (χ0v) is 20.8. The zero-order valence-electron chi connectivity index (χ0n) is 20.0. The largest absolute Gasteiger partial charge is 0.381 e. The number of fused-ring (bicyclic) bond motifs is 3. The standard InChI is InChI=1S/C26H33N3O4S/c1-16-4-5-20(14-17(16)2)28-34(31,32)21-6-7-24-23(15-21)26-22(10-13-33-26)25(27-24)19-8-11-29(12-9-19)18(3)30/h4-7,14-15,19,22,25-28H,8-13H2,1-3H3. The molecule has 2 aromatic rings. The van der Waals surface area contributed by atoms with Crippen LogP contribution in [-0.2, 0) is 19.6 Å². The average Bonchev–Trinajstić information content (AvgIpc) is 3.31. The van der Waals surface area contributed by atoms with E-state index >= 15 is 0 Å². The number of nitrogens with one attached hydrogen (secondary N) is 2. The lowest BCUT2D eigenvalue weighted by molar-refractivity contribution is -0.130. The molecule has 0 aliphatic carbocycles. The molecule has 0 radical (unpaired) electrons. The Morgan fingerprint density at radius 1 is 1.06 bits per heavy atom. The predicted molar refractivity (Wildman–Crippen MR) is 132 cm³/mol. The summed E-state index contributed by atoms with van der Waals surface area (Å²) in [5.41, 5.74) is 4.59. The summed E-state index contributed by atoms with van der Waals surface area (Å²) in [6.45, 7) is 7.88. The molecular weight excluding hydrogens is 450 g/mol. The van der Waals surface area contributed by atoms with Crippen molar-refractivity contribution in [3.8, 4) is 0 Å². The number of carbonyl (C=O) groups is 1. The molecule has 3 aliphatic rings. The first-order valence-corrected chi connectivity index (χ1v) is 13.6. The Kier molecular flexibility index (Phi) is 6.06. The van der Waals surface area contributed by atoms with Crippen LogP contribution in [-0.4, -0.2) is 45.0 Å². The second-order valence-electron chi connectivity index (χ2n) is 9.91. The predicted octanol–water partition coefficient (Wildman–Crippen LogP) is 4.23. The van der Waals surface area contributed by atoms with Gasteiger partial charge >= 0.3 is 0 Å². The molecule has 0 saturated carbocycles. The number of hydrogen-bond acceptors (Lipinski definition) is 5. The van der Waals surface area contributed by atoms with Gasteiger partial charge in [0.2, 0.25) is 5.91 Å². The molecule has 3 aliphatic heterocycles. The maximum Gasteiger partial charge on any atom is 0.261 e. The number of nitrogens with zero attached hydrogens (tertiary/aromatic N) is 1. The van der Waals surface area contributed by atoms with Crippen molar-refractivity contribution in [3.05, 3.63) is 53.1 Å². The van der Waals surface area contributed by atoms with Crippen LogP contribution < -0.4 is 10.0 Å². The minimum Gasteiger partial charge on any atom is -0.381 e. The van der Waals surface area contributed by atoms with Gasteiger partial charge in [-0.3, -0.25) is 9.52 Å². The molecule has 7 nitrogen and oxygen atoms in total. The van der Waals surface area contributed by atoms with Gasteiger partial charge in [0.25, 0.3) is 10.0 Å². The van der Waals surface area contributed by atoms with E-state index in [0.717, 1.165) is 54.7 Å². The highest BCUT2D eigenvalue weighted by molar-refractivity contribution is 7.92. The second kappa shape index (κ2) is 8.89. The zero-order chi connectivity index (χ0) is 24.0. The highest BCUT2D eigenvalue weighted by atomic mass is 32.2. The van der Waals surface area contributed by atoms with Gasteiger partial charge in [0.15, 0.2) is 0 Å². The monoisotopic (exact) mass is 483 g/mol. The Labute approximate surface area is 201 Å². The summed E-state index contributed by atoms with van der Waals surface area (Å²) in [5.74, 6) is 0.908. The van der Waals surface area contributed by atoms with E-state index < -0.39 is 10.0 Å². The Morgan fingerprint density at radius 3 is 2.53 bits per heavy atom. The fourth-order valence-corrected chi connectivity index (χ4v) is 6.80. The van der Waals surface area contributed by atoms with Crippen molar-refractivity contribution >= 4 is 27.3 Å². The van der Waals surface area contributed by atoms with Gasteiger partial charge in [-0.25, -0.2) is 8.42 Å². The lowest BCUT2D eigenvalue weighted by Crippen LogP contribution is -2.47. The average molecular weight is 484 g/mol. The highest BCUT2D eigenvalue weighted by Gasteiger charge is 2.44. The van der Waals surface area contributed by atoms with Crippen LogP contribution >= 0.6 is 0 Å². The third-order valence-electron chi connectivity index (χ3n) is 7.81. The van der Waals surface area contributed by atoms with Gasteiger partial charge in [-0.15, -0.1) is 0 Å². The van der Waals surface area contributed by atoms with Crippen LogP contribution in [0.5, 0.6) is 0 Å². The smallest absolute Gasteiger partial charge is 0.261 e. The minimum absolute atomic E-state index is 0.108. The number of benzene rings is 2. The van der Waals surface area contributed by atoms with Crippen LogP contribution in [0.4, 0.5) is 11.4 Å². The first kappa shape index (κ1) is 23.2. The first-order chi connectivity index (χ1) is 16.2. The fraction of sp³-hybridized carbons (Fsp3) is 0.500. The molecule has 2 N–H and O–H groups in total. The molecule has 8 heteroatoms. The van der Waals surface area contributed by atoms with Crippen LogP contribution in [0.2, 0.25) is 0 Å². The maximum absolute atomic E-state index is 13.2. The van der Waals surface area contributed by atoms with Crippen molar-refractivity contribution in [3.63, 3.8) is 0 Å². The lowest BCUT2D eigenvalue weighted by Gasteiger charge is -2.43. The molecule has 1 amide bonds. The molecule has 2 fully saturated rings. The summed E-state index contributed by atoms with van der Waals surface area (Å²) in [7, 11) is -3.72. The number of ether oxygens (including phenoxy) is 1. The van der Waals surface area contributed by atoms with Gasteiger partial charge in [0, 0.05) is 55.5 Å². The number of anilines is 2. The van der Waals surface area contributed by atoms with Crippen molar-refractivity contribution in [2.24, 2.45) is 11.8 Å². The normalized spacial score (nSPS) is 24.8. The number of carbonyl (C=O) groups excluding carboxylic acids is 1. The van der Waals surface area contributed by atoms with E-state index in [4.69, 9.17) is 4.74 Å². The van der Waals surface area contributed by atoms with E-state index in [0.29, 0.717) is 24.1 Å². The molecule has 2 aromatic carbocycles. The maximum atomic E-state index is 13.2. The summed E-state index contributed by atoms with van der Waals surface area (Å²) in [5, 5.41) is 3.73. The lowest BCUT2D eigenvalue weighted by atomic mass is 9.75. The van der Waals surface area contributed by atoms with E-state index in [1.54, 1.807) is 25.1 Å². The van der Waals surface area contributed by atoms with E-state index in [1.165, 1.54) is 0 Å². The van der Waals surface area contributed by atoms with Crippen LogP contribution in [0.15, 0.2) is 41.3 Å². The van der Waals surface area contributed by atoms with E-state index in [-0.39, 0.29) is 22.9 Å². The number of amides is 1. The Morgan fingerprint density at radius 2 is 1.82 bits per heavy atom. The highest BCUT2D eigenvalue weighted by Crippen LogP contribution is 2.48. The second-order valence-corrected chi connectivity index (χ2v) is 11.6.